The van der Waals surface area contributed by atoms with Crippen molar-refractivity contribution >= 4 is 10.9 Å². The highest BCUT2D eigenvalue weighted by molar-refractivity contribution is 5.80. The van der Waals surface area contributed by atoms with Gasteiger partial charge in [-0.2, -0.15) is 10.2 Å². The molecule has 0 radical (unpaired) electrons. The van der Waals surface area contributed by atoms with Gasteiger partial charge in [0.05, 0.1) is 37.2 Å². The molecule has 0 aliphatic carbocycles. The minimum absolute atomic E-state index is 0.548. The molecule has 5 rings (SSSR count). The molecule has 3 aromatic heterocycles. The first-order valence-electron chi connectivity index (χ1n) is 9.74. The van der Waals surface area contributed by atoms with Gasteiger partial charge in [-0.15, -0.1) is 0 Å². The normalized spacial score (nSPS) is 15.0. The second-order valence-electron chi connectivity index (χ2n) is 7.00. The number of aromatic nitrogens is 5. The van der Waals surface area contributed by atoms with E-state index in [1.165, 1.54) is 0 Å². The van der Waals surface area contributed by atoms with Gasteiger partial charge in [0.15, 0.2) is 0 Å². The van der Waals surface area contributed by atoms with E-state index in [0.29, 0.717) is 5.88 Å². The molecule has 0 unspecified atom stereocenters. The minimum Gasteiger partial charge on any atom is -0.439 e. The Morgan fingerprint density at radius 1 is 1.03 bits per heavy atom. The van der Waals surface area contributed by atoms with Gasteiger partial charge in [0.1, 0.15) is 5.75 Å². The molecule has 0 saturated carbocycles. The maximum atomic E-state index is 5.93. The minimum atomic E-state index is 0.548. The predicted molar refractivity (Wildman–Crippen MR) is 109 cm³/mol. The molecule has 1 aromatic carbocycles. The van der Waals surface area contributed by atoms with E-state index < -0.39 is 0 Å². The fourth-order valence-electron chi connectivity index (χ4n) is 3.51. The number of hydrogen-bond acceptors (Lipinski definition) is 6. The molecule has 1 aliphatic rings. The zero-order valence-corrected chi connectivity index (χ0v) is 16.0. The molecule has 148 valence electrons. The lowest BCUT2D eigenvalue weighted by molar-refractivity contribution is 0.0361. The van der Waals surface area contributed by atoms with Crippen molar-refractivity contribution in [2.45, 2.75) is 6.54 Å². The molecule has 1 aliphatic heterocycles. The third-order valence-electron chi connectivity index (χ3n) is 5.12. The van der Waals surface area contributed by atoms with Crippen molar-refractivity contribution in [3.05, 3.63) is 55.0 Å². The largest absolute Gasteiger partial charge is 0.439 e. The number of ether oxygens (including phenoxy) is 2. The summed E-state index contributed by atoms with van der Waals surface area (Å²) in [6, 6.07) is 11.7. The fourth-order valence-corrected chi connectivity index (χ4v) is 3.51. The van der Waals surface area contributed by atoms with Crippen LogP contribution in [0.5, 0.6) is 11.6 Å². The van der Waals surface area contributed by atoms with E-state index in [1.807, 2.05) is 41.2 Å². The molecule has 4 aromatic rings. The average Bonchev–Trinajstić information content (AvgIpc) is 3.44. The molecular formula is C21H22N6O2. The number of morpholine rings is 1. The van der Waals surface area contributed by atoms with Gasteiger partial charge < -0.3 is 9.47 Å². The van der Waals surface area contributed by atoms with Crippen LogP contribution < -0.4 is 4.74 Å². The molecule has 0 spiro atoms. The van der Waals surface area contributed by atoms with Gasteiger partial charge in [-0.3, -0.25) is 14.7 Å². The van der Waals surface area contributed by atoms with E-state index in [1.54, 1.807) is 12.4 Å². The first-order chi connectivity index (χ1) is 14.3. The Bertz CT molecular complexity index is 1070. The first-order valence-corrected chi connectivity index (χ1v) is 9.74. The van der Waals surface area contributed by atoms with Crippen LogP contribution in [0, 0.1) is 0 Å². The summed E-state index contributed by atoms with van der Waals surface area (Å²) in [6.45, 7) is 5.45. The van der Waals surface area contributed by atoms with Gasteiger partial charge >= 0.3 is 0 Å². The molecule has 8 nitrogen and oxygen atoms in total. The van der Waals surface area contributed by atoms with Gasteiger partial charge in [0, 0.05) is 49.0 Å². The number of nitrogens with zero attached hydrogens (tertiary/aromatic N) is 5. The molecule has 4 heterocycles. The summed E-state index contributed by atoms with van der Waals surface area (Å²) < 4.78 is 13.4. The van der Waals surface area contributed by atoms with Gasteiger partial charge in [0.25, 0.3) is 0 Å². The van der Waals surface area contributed by atoms with E-state index in [0.717, 1.165) is 67.3 Å². The van der Waals surface area contributed by atoms with Crippen molar-refractivity contribution in [3.63, 3.8) is 0 Å². The summed E-state index contributed by atoms with van der Waals surface area (Å²) >= 11 is 0. The number of fused-ring (bicyclic) bond motifs is 1. The second-order valence-corrected chi connectivity index (χ2v) is 7.00. The van der Waals surface area contributed by atoms with Gasteiger partial charge in [-0.05, 0) is 30.3 Å². The van der Waals surface area contributed by atoms with Crippen molar-refractivity contribution < 1.29 is 9.47 Å². The molecule has 1 N–H and O–H groups in total. The van der Waals surface area contributed by atoms with Crippen molar-refractivity contribution in [2.24, 2.45) is 0 Å². The van der Waals surface area contributed by atoms with E-state index in [9.17, 15) is 0 Å². The maximum Gasteiger partial charge on any atom is 0.219 e. The fraction of sp³-hybridized carbons (Fsp3) is 0.286. The van der Waals surface area contributed by atoms with E-state index in [4.69, 9.17) is 9.47 Å². The monoisotopic (exact) mass is 390 g/mol. The van der Waals surface area contributed by atoms with E-state index in [2.05, 4.69) is 31.2 Å². The van der Waals surface area contributed by atoms with Crippen LogP contribution in [0.25, 0.3) is 22.2 Å². The van der Waals surface area contributed by atoms with Crippen molar-refractivity contribution in [3.8, 4) is 22.9 Å². The highest BCUT2D eigenvalue weighted by atomic mass is 16.5. The van der Waals surface area contributed by atoms with Gasteiger partial charge in [-0.25, -0.2) is 4.98 Å². The molecule has 1 fully saturated rings. The molecule has 8 heteroatoms. The smallest absolute Gasteiger partial charge is 0.219 e. The van der Waals surface area contributed by atoms with Crippen molar-refractivity contribution in [1.82, 2.24) is 29.9 Å². The Hall–Kier alpha value is -3.23. The predicted octanol–water partition coefficient (Wildman–Crippen LogP) is 2.95. The highest BCUT2D eigenvalue weighted by Crippen LogP contribution is 2.26. The van der Waals surface area contributed by atoms with E-state index >= 15 is 0 Å². The summed E-state index contributed by atoms with van der Waals surface area (Å²) in [5.74, 6) is 1.29. The number of pyridine rings is 1. The number of benzene rings is 1. The molecular weight excluding hydrogens is 368 g/mol. The molecule has 1 saturated heterocycles. The van der Waals surface area contributed by atoms with Crippen LogP contribution in [0.15, 0.2) is 55.0 Å². The Labute approximate surface area is 168 Å². The Balaban J connectivity index is 1.26. The summed E-state index contributed by atoms with van der Waals surface area (Å²) in [5.41, 5.74) is 3.00. The van der Waals surface area contributed by atoms with Crippen LogP contribution in [-0.4, -0.2) is 62.7 Å². The van der Waals surface area contributed by atoms with Crippen LogP contribution >= 0.6 is 0 Å². The highest BCUT2D eigenvalue weighted by Gasteiger charge is 2.11. The number of nitrogens with one attached hydrogen (secondary N) is 1. The topological polar surface area (TPSA) is 81.1 Å². The lowest BCUT2D eigenvalue weighted by Crippen LogP contribution is -2.38. The number of H-pyrrole nitrogens is 1. The molecule has 0 atom stereocenters. The third kappa shape index (κ3) is 3.98. The number of aromatic amines is 1. The summed E-state index contributed by atoms with van der Waals surface area (Å²) in [5, 5.41) is 12.5. The SMILES string of the molecule is c1cc(-c2ccc(Oc3ccc4c(cnn4CCN4CCOCC4)c3)nc2)[nH]n1. The molecule has 29 heavy (non-hydrogen) atoms. The van der Waals surface area contributed by atoms with Crippen LogP contribution in [0.4, 0.5) is 0 Å². The van der Waals surface area contributed by atoms with Gasteiger partial charge in [0.2, 0.25) is 5.88 Å². The van der Waals surface area contributed by atoms with Crippen LogP contribution in [0.2, 0.25) is 0 Å². The average molecular weight is 390 g/mol. The maximum absolute atomic E-state index is 5.93. The summed E-state index contributed by atoms with van der Waals surface area (Å²) in [7, 11) is 0. The lowest BCUT2D eigenvalue weighted by Gasteiger charge is -2.26. The molecule has 0 amide bonds. The number of hydrogen-bond donors (Lipinski definition) is 1. The first kappa shape index (κ1) is 17.8. The zero-order valence-electron chi connectivity index (χ0n) is 16.0. The van der Waals surface area contributed by atoms with Crippen LogP contribution in [0.1, 0.15) is 0 Å². The van der Waals surface area contributed by atoms with Crippen molar-refractivity contribution in [1.29, 1.82) is 0 Å². The quantitative estimate of drug-likeness (QED) is 0.545. The zero-order chi connectivity index (χ0) is 19.5. The second kappa shape index (κ2) is 8.02. The van der Waals surface area contributed by atoms with E-state index in [-0.39, 0.29) is 0 Å². The van der Waals surface area contributed by atoms with Crippen molar-refractivity contribution in [2.75, 3.05) is 32.8 Å². The third-order valence-corrected chi connectivity index (χ3v) is 5.12. The Morgan fingerprint density at radius 3 is 2.76 bits per heavy atom. The lowest BCUT2D eigenvalue weighted by atomic mass is 10.2. The van der Waals surface area contributed by atoms with Crippen LogP contribution in [-0.2, 0) is 11.3 Å². The summed E-state index contributed by atoms with van der Waals surface area (Å²) in [6.07, 6.45) is 5.37. The Kier molecular flexibility index (Phi) is 4.93. The summed E-state index contributed by atoms with van der Waals surface area (Å²) in [4.78, 5) is 6.80. The van der Waals surface area contributed by atoms with Gasteiger partial charge in [-0.1, -0.05) is 0 Å². The standard InChI is InChI=1S/C21H22N6O2/c1-4-21(22-14-16(1)19-5-6-23-25-19)29-18-2-3-20-17(13-18)15-24-27(20)8-7-26-9-11-28-12-10-26/h1-6,13-15H,7-12H2,(H,23,25). The molecule has 0 bridgehead atoms. The Morgan fingerprint density at radius 2 is 1.97 bits per heavy atom. The number of rotatable bonds is 6. The van der Waals surface area contributed by atoms with Crippen LogP contribution in [0.3, 0.4) is 0 Å².